The number of carbonyl (C=O) groups is 1. The summed E-state index contributed by atoms with van der Waals surface area (Å²) in [6.07, 6.45) is 0.304. The molecule has 0 radical (unpaired) electrons. The molecule has 0 atom stereocenters. The molecule has 3 rings (SSSR count). The number of amides is 1. The Bertz CT molecular complexity index is 841. The van der Waals surface area contributed by atoms with E-state index >= 15 is 0 Å². The summed E-state index contributed by atoms with van der Waals surface area (Å²) in [5.74, 6) is 1.43. The summed E-state index contributed by atoms with van der Waals surface area (Å²) in [6, 6.07) is 22.4. The minimum Gasteiger partial charge on any atom is -0.457 e. The quantitative estimate of drug-likeness (QED) is 0.647. The molecule has 0 saturated carbocycles. The van der Waals surface area contributed by atoms with Gasteiger partial charge in [-0.3, -0.25) is 4.79 Å². The molecule has 0 aliphatic rings. The molecule has 0 aliphatic carbocycles. The maximum Gasteiger partial charge on any atom is 0.228 e. The highest BCUT2D eigenvalue weighted by Crippen LogP contribution is 2.23. The fourth-order valence-corrected chi connectivity index (χ4v) is 2.47. The zero-order chi connectivity index (χ0) is 17.6. The number of carbonyl (C=O) groups excluding carboxylic acids is 1. The Kier molecular flexibility index (Phi) is 5.36. The molecule has 0 spiro atoms. The second-order valence-electron chi connectivity index (χ2n) is 5.79. The molecule has 3 aromatic rings. The Hall–Kier alpha value is -2.78. The zero-order valence-electron chi connectivity index (χ0n) is 13.8. The lowest BCUT2D eigenvalue weighted by Gasteiger charge is -2.08. The van der Waals surface area contributed by atoms with Gasteiger partial charge in [-0.25, -0.2) is 0 Å². The van der Waals surface area contributed by atoms with Gasteiger partial charge < -0.3 is 10.1 Å². The number of hydrogen-bond donors (Lipinski definition) is 1. The van der Waals surface area contributed by atoms with Crippen molar-refractivity contribution < 1.29 is 9.53 Å². The first kappa shape index (κ1) is 17.1. The summed E-state index contributed by atoms with van der Waals surface area (Å²) >= 11 is 5.85. The van der Waals surface area contributed by atoms with Crippen LogP contribution in [0.25, 0.3) is 0 Å². The maximum atomic E-state index is 12.1. The average molecular weight is 352 g/mol. The smallest absolute Gasteiger partial charge is 0.228 e. The van der Waals surface area contributed by atoms with Gasteiger partial charge >= 0.3 is 0 Å². The third kappa shape index (κ3) is 5.10. The Morgan fingerprint density at radius 1 is 0.880 bits per heavy atom. The van der Waals surface area contributed by atoms with E-state index in [4.69, 9.17) is 16.3 Å². The molecular weight excluding hydrogens is 334 g/mol. The zero-order valence-corrected chi connectivity index (χ0v) is 14.6. The number of ether oxygens (including phenoxy) is 1. The summed E-state index contributed by atoms with van der Waals surface area (Å²) in [4.78, 5) is 12.1. The normalized spacial score (nSPS) is 10.3. The Balaban J connectivity index is 1.57. The van der Waals surface area contributed by atoms with Gasteiger partial charge in [0.25, 0.3) is 0 Å². The largest absolute Gasteiger partial charge is 0.457 e. The summed E-state index contributed by atoms with van der Waals surface area (Å²) in [5, 5.41) is 3.54. The summed E-state index contributed by atoms with van der Waals surface area (Å²) in [6.45, 7) is 2.03. The topological polar surface area (TPSA) is 38.3 Å². The summed E-state index contributed by atoms with van der Waals surface area (Å²) < 4.78 is 5.77. The highest BCUT2D eigenvalue weighted by molar-refractivity contribution is 6.30. The van der Waals surface area contributed by atoms with Crippen molar-refractivity contribution in [2.75, 3.05) is 5.32 Å². The highest BCUT2D eigenvalue weighted by Gasteiger charge is 2.05. The number of aryl methyl sites for hydroxylation is 1. The van der Waals surface area contributed by atoms with Crippen LogP contribution < -0.4 is 10.1 Å². The van der Waals surface area contributed by atoms with Crippen molar-refractivity contribution in [3.05, 3.63) is 88.9 Å². The number of nitrogens with one attached hydrogen (secondary N) is 1. The van der Waals surface area contributed by atoms with Gasteiger partial charge in [-0.2, -0.15) is 0 Å². The molecule has 0 bridgehead atoms. The fourth-order valence-electron chi connectivity index (χ4n) is 2.34. The number of anilines is 1. The lowest BCUT2D eigenvalue weighted by Crippen LogP contribution is -2.14. The monoisotopic (exact) mass is 351 g/mol. The first-order valence-electron chi connectivity index (χ1n) is 7.97. The third-order valence-corrected chi connectivity index (χ3v) is 3.92. The molecule has 0 aliphatic heterocycles. The molecule has 3 aromatic carbocycles. The molecule has 0 aromatic heterocycles. The van der Waals surface area contributed by atoms with Crippen LogP contribution in [-0.4, -0.2) is 5.91 Å². The molecule has 1 amide bonds. The van der Waals surface area contributed by atoms with Crippen LogP contribution in [-0.2, 0) is 11.2 Å². The standard InChI is InChI=1S/C21H18ClNO2/c1-15-2-10-19(11-3-15)25-20-12-8-18(9-13-20)23-21(24)14-16-4-6-17(22)7-5-16/h2-13H,14H2,1H3,(H,23,24). The first-order chi connectivity index (χ1) is 12.1. The first-order valence-corrected chi connectivity index (χ1v) is 8.35. The predicted octanol–water partition coefficient (Wildman–Crippen LogP) is 5.62. The Labute approximate surface area is 152 Å². The molecule has 0 heterocycles. The summed E-state index contributed by atoms with van der Waals surface area (Å²) in [7, 11) is 0. The molecule has 1 N–H and O–H groups in total. The van der Waals surface area contributed by atoms with Gasteiger partial charge in [-0.15, -0.1) is 0 Å². The van der Waals surface area contributed by atoms with E-state index in [2.05, 4.69) is 5.32 Å². The van der Waals surface area contributed by atoms with E-state index in [0.717, 1.165) is 22.7 Å². The third-order valence-electron chi connectivity index (χ3n) is 3.67. The van der Waals surface area contributed by atoms with E-state index in [1.54, 1.807) is 12.1 Å². The van der Waals surface area contributed by atoms with Crippen LogP contribution >= 0.6 is 11.6 Å². The maximum absolute atomic E-state index is 12.1. The van der Waals surface area contributed by atoms with Crippen molar-refractivity contribution in [1.82, 2.24) is 0 Å². The van der Waals surface area contributed by atoms with Gasteiger partial charge in [0.05, 0.1) is 6.42 Å². The molecule has 25 heavy (non-hydrogen) atoms. The van der Waals surface area contributed by atoms with Crippen LogP contribution in [0.4, 0.5) is 5.69 Å². The number of halogens is 1. The minimum atomic E-state index is -0.0745. The minimum absolute atomic E-state index is 0.0745. The van der Waals surface area contributed by atoms with Gasteiger partial charge in [0, 0.05) is 10.7 Å². The van der Waals surface area contributed by atoms with Crippen molar-refractivity contribution in [1.29, 1.82) is 0 Å². The predicted molar refractivity (Wildman–Crippen MR) is 101 cm³/mol. The lowest BCUT2D eigenvalue weighted by atomic mass is 10.1. The Morgan fingerprint density at radius 2 is 1.44 bits per heavy atom. The van der Waals surface area contributed by atoms with Crippen molar-refractivity contribution in [3.63, 3.8) is 0 Å². The van der Waals surface area contributed by atoms with Gasteiger partial charge in [0.2, 0.25) is 5.91 Å². The highest BCUT2D eigenvalue weighted by atomic mass is 35.5. The number of rotatable bonds is 5. The van der Waals surface area contributed by atoms with E-state index in [1.807, 2.05) is 67.6 Å². The number of hydrogen-bond acceptors (Lipinski definition) is 2. The van der Waals surface area contributed by atoms with Crippen molar-refractivity contribution in [2.45, 2.75) is 13.3 Å². The second kappa shape index (κ2) is 7.86. The molecule has 126 valence electrons. The molecule has 0 fully saturated rings. The van der Waals surface area contributed by atoms with E-state index < -0.39 is 0 Å². The number of benzene rings is 3. The van der Waals surface area contributed by atoms with Crippen LogP contribution in [0, 0.1) is 6.92 Å². The van der Waals surface area contributed by atoms with Gasteiger partial charge in [0.1, 0.15) is 11.5 Å². The van der Waals surface area contributed by atoms with Crippen molar-refractivity contribution in [2.24, 2.45) is 0 Å². The van der Waals surface area contributed by atoms with Crippen molar-refractivity contribution >= 4 is 23.2 Å². The Morgan fingerprint density at radius 3 is 2.04 bits per heavy atom. The van der Waals surface area contributed by atoms with E-state index in [0.29, 0.717) is 11.4 Å². The van der Waals surface area contributed by atoms with Gasteiger partial charge in [0.15, 0.2) is 0 Å². The van der Waals surface area contributed by atoms with Crippen LogP contribution in [0.3, 0.4) is 0 Å². The van der Waals surface area contributed by atoms with Crippen LogP contribution in [0.2, 0.25) is 5.02 Å². The van der Waals surface area contributed by atoms with Crippen LogP contribution in [0.5, 0.6) is 11.5 Å². The molecule has 0 unspecified atom stereocenters. The molecule has 0 saturated heterocycles. The van der Waals surface area contributed by atoms with Crippen LogP contribution in [0.1, 0.15) is 11.1 Å². The second-order valence-corrected chi connectivity index (χ2v) is 6.23. The summed E-state index contributed by atoms with van der Waals surface area (Å²) in [5.41, 5.74) is 2.84. The molecule has 3 nitrogen and oxygen atoms in total. The van der Waals surface area contributed by atoms with Gasteiger partial charge in [-0.05, 0) is 61.0 Å². The van der Waals surface area contributed by atoms with E-state index in [1.165, 1.54) is 5.56 Å². The van der Waals surface area contributed by atoms with Crippen LogP contribution in [0.15, 0.2) is 72.8 Å². The lowest BCUT2D eigenvalue weighted by molar-refractivity contribution is -0.115. The van der Waals surface area contributed by atoms with Gasteiger partial charge in [-0.1, -0.05) is 41.4 Å². The van der Waals surface area contributed by atoms with E-state index in [-0.39, 0.29) is 5.91 Å². The SMILES string of the molecule is Cc1ccc(Oc2ccc(NC(=O)Cc3ccc(Cl)cc3)cc2)cc1. The average Bonchev–Trinajstić information content (AvgIpc) is 2.61. The fraction of sp³-hybridized carbons (Fsp3) is 0.0952. The van der Waals surface area contributed by atoms with Crippen molar-refractivity contribution in [3.8, 4) is 11.5 Å². The molecular formula is C21H18ClNO2. The molecule has 4 heteroatoms. The van der Waals surface area contributed by atoms with E-state index in [9.17, 15) is 4.79 Å².